The van der Waals surface area contributed by atoms with Gasteiger partial charge in [-0.1, -0.05) is 12.1 Å². The van der Waals surface area contributed by atoms with Crippen molar-refractivity contribution in [3.05, 3.63) is 35.1 Å². The molecule has 0 aromatic heterocycles. The topological polar surface area (TPSA) is 47.6 Å². The standard InChI is InChI=1S/C18H24FNO3/c1-3-23-15-11-14(18(15)7-9-22-10-8-18)20-17(21)13-6-4-5-12(2)16(13)19/h4-6,14-15H,3,7-11H2,1-2H3,(H,20,21)/t14-,15-/m1/s1. The van der Waals surface area contributed by atoms with Gasteiger partial charge in [-0.15, -0.1) is 0 Å². The van der Waals surface area contributed by atoms with Gasteiger partial charge in [0.2, 0.25) is 0 Å². The van der Waals surface area contributed by atoms with Gasteiger partial charge in [0, 0.05) is 31.3 Å². The number of hydrogen-bond acceptors (Lipinski definition) is 3. The first-order valence-electron chi connectivity index (χ1n) is 8.34. The Bertz CT molecular complexity index is 584. The molecule has 2 fully saturated rings. The van der Waals surface area contributed by atoms with Crippen molar-refractivity contribution in [1.29, 1.82) is 0 Å². The molecular formula is C18H24FNO3. The Morgan fingerprint density at radius 3 is 2.87 bits per heavy atom. The molecule has 1 heterocycles. The number of benzene rings is 1. The quantitative estimate of drug-likeness (QED) is 0.927. The summed E-state index contributed by atoms with van der Waals surface area (Å²) in [5.41, 5.74) is 0.538. The third-order valence-electron chi connectivity index (χ3n) is 5.32. The molecule has 1 N–H and O–H groups in total. The van der Waals surface area contributed by atoms with Crippen LogP contribution in [-0.2, 0) is 9.47 Å². The van der Waals surface area contributed by atoms with Gasteiger partial charge in [0.05, 0.1) is 11.7 Å². The molecule has 4 nitrogen and oxygen atoms in total. The van der Waals surface area contributed by atoms with E-state index in [1.165, 1.54) is 6.07 Å². The van der Waals surface area contributed by atoms with Crippen LogP contribution in [-0.4, -0.2) is 37.9 Å². The summed E-state index contributed by atoms with van der Waals surface area (Å²) in [6, 6.07) is 4.94. The highest BCUT2D eigenvalue weighted by Crippen LogP contribution is 2.50. The first-order valence-corrected chi connectivity index (χ1v) is 8.34. The number of hydrogen-bond donors (Lipinski definition) is 1. The molecule has 2 aliphatic rings. The van der Waals surface area contributed by atoms with E-state index in [0.29, 0.717) is 25.4 Å². The Labute approximate surface area is 136 Å². The molecule has 1 aliphatic heterocycles. The first kappa shape index (κ1) is 16.4. The Balaban J connectivity index is 1.74. The molecule has 5 heteroatoms. The Morgan fingerprint density at radius 1 is 1.43 bits per heavy atom. The molecule has 1 spiro atoms. The van der Waals surface area contributed by atoms with Gasteiger partial charge in [-0.25, -0.2) is 4.39 Å². The summed E-state index contributed by atoms with van der Waals surface area (Å²) in [4.78, 5) is 12.5. The largest absolute Gasteiger partial charge is 0.381 e. The van der Waals surface area contributed by atoms with Gasteiger partial charge in [-0.3, -0.25) is 4.79 Å². The molecule has 23 heavy (non-hydrogen) atoms. The van der Waals surface area contributed by atoms with Crippen LogP contribution < -0.4 is 5.32 Å². The highest BCUT2D eigenvalue weighted by atomic mass is 19.1. The number of aryl methyl sites for hydroxylation is 1. The van der Waals surface area contributed by atoms with Crippen molar-refractivity contribution >= 4 is 5.91 Å². The summed E-state index contributed by atoms with van der Waals surface area (Å²) in [6.07, 6.45) is 2.69. The van der Waals surface area contributed by atoms with Crippen LogP contribution in [0.3, 0.4) is 0 Å². The molecule has 1 aliphatic carbocycles. The fourth-order valence-electron chi connectivity index (χ4n) is 3.87. The van der Waals surface area contributed by atoms with Gasteiger partial charge in [-0.2, -0.15) is 0 Å². The van der Waals surface area contributed by atoms with E-state index in [9.17, 15) is 9.18 Å². The molecule has 126 valence electrons. The summed E-state index contributed by atoms with van der Waals surface area (Å²) < 4.78 is 25.5. The van der Waals surface area contributed by atoms with Crippen LogP contribution in [0.4, 0.5) is 4.39 Å². The van der Waals surface area contributed by atoms with Gasteiger partial charge in [-0.05, 0) is 44.7 Å². The number of carbonyl (C=O) groups is 1. The normalized spacial score (nSPS) is 25.9. The van der Waals surface area contributed by atoms with Crippen molar-refractivity contribution in [1.82, 2.24) is 5.32 Å². The van der Waals surface area contributed by atoms with Gasteiger partial charge in [0.1, 0.15) is 5.82 Å². The zero-order chi connectivity index (χ0) is 16.4. The second kappa shape index (κ2) is 6.57. The summed E-state index contributed by atoms with van der Waals surface area (Å²) in [5.74, 6) is -0.774. The van der Waals surface area contributed by atoms with Crippen LogP contribution in [0.1, 0.15) is 42.1 Å². The van der Waals surface area contributed by atoms with Crippen LogP contribution in [0.15, 0.2) is 18.2 Å². The molecule has 1 saturated heterocycles. The van der Waals surface area contributed by atoms with Crippen molar-refractivity contribution < 1.29 is 18.7 Å². The molecule has 3 rings (SSSR count). The van der Waals surface area contributed by atoms with E-state index in [2.05, 4.69) is 5.32 Å². The predicted octanol–water partition coefficient (Wildman–Crippen LogP) is 2.84. The van der Waals surface area contributed by atoms with Crippen LogP contribution in [0, 0.1) is 18.2 Å². The molecule has 0 bridgehead atoms. The zero-order valence-corrected chi connectivity index (χ0v) is 13.7. The van der Waals surface area contributed by atoms with E-state index in [1.807, 2.05) is 6.92 Å². The first-order chi connectivity index (χ1) is 11.1. The summed E-state index contributed by atoms with van der Waals surface area (Å²) >= 11 is 0. The number of halogens is 1. The van der Waals surface area contributed by atoms with E-state index in [0.717, 1.165) is 19.3 Å². The second-order valence-corrected chi connectivity index (χ2v) is 6.49. The van der Waals surface area contributed by atoms with Crippen molar-refractivity contribution in [2.45, 2.75) is 45.3 Å². The highest BCUT2D eigenvalue weighted by Gasteiger charge is 2.56. The van der Waals surface area contributed by atoms with Crippen molar-refractivity contribution in [2.75, 3.05) is 19.8 Å². The average molecular weight is 321 g/mol. The molecule has 1 amide bonds. The maximum atomic E-state index is 14.2. The van der Waals surface area contributed by atoms with E-state index in [4.69, 9.17) is 9.47 Å². The van der Waals surface area contributed by atoms with Crippen LogP contribution >= 0.6 is 0 Å². The maximum absolute atomic E-state index is 14.2. The van der Waals surface area contributed by atoms with E-state index >= 15 is 0 Å². The Kier molecular flexibility index (Phi) is 4.69. The number of carbonyl (C=O) groups excluding carboxylic acids is 1. The Morgan fingerprint density at radius 2 is 2.17 bits per heavy atom. The SMILES string of the molecule is CCO[C@@H]1C[C@@H](NC(=O)c2cccc(C)c2F)C12CCOCC2. The number of rotatable bonds is 4. The molecule has 1 saturated carbocycles. The maximum Gasteiger partial charge on any atom is 0.254 e. The molecular weight excluding hydrogens is 297 g/mol. The minimum absolute atomic E-state index is 0.0235. The Hall–Kier alpha value is -1.46. The van der Waals surface area contributed by atoms with Crippen LogP contribution in [0.5, 0.6) is 0 Å². The number of amides is 1. The van der Waals surface area contributed by atoms with E-state index < -0.39 is 5.82 Å². The van der Waals surface area contributed by atoms with Crippen LogP contribution in [0.25, 0.3) is 0 Å². The smallest absolute Gasteiger partial charge is 0.254 e. The average Bonchev–Trinajstić information content (AvgIpc) is 2.57. The lowest BCUT2D eigenvalue weighted by molar-refractivity contribution is -0.170. The summed E-state index contributed by atoms with van der Waals surface area (Å²) in [7, 11) is 0. The van der Waals surface area contributed by atoms with Gasteiger partial charge in [0.25, 0.3) is 5.91 Å². The molecule has 2 atom stereocenters. The highest BCUT2D eigenvalue weighted by molar-refractivity contribution is 5.95. The van der Waals surface area contributed by atoms with E-state index in [1.54, 1.807) is 19.1 Å². The third-order valence-corrected chi connectivity index (χ3v) is 5.32. The number of nitrogens with one attached hydrogen (secondary N) is 1. The fraction of sp³-hybridized carbons (Fsp3) is 0.611. The predicted molar refractivity (Wildman–Crippen MR) is 84.9 cm³/mol. The summed E-state index contributed by atoms with van der Waals surface area (Å²) in [6.45, 7) is 5.70. The van der Waals surface area contributed by atoms with Crippen molar-refractivity contribution in [3.63, 3.8) is 0 Å². The van der Waals surface area contributed by atoms with Crippen LogP contribution in [0.2, 0.25) is 0 Å². The second-order valence-electron chi connectivity index (χ2n) is 6.49. The monoisotopic (exact) mass is 321 g/mol. The van der Waals surface area contributed by atoms with Gasteiger partial charge >= 0.3 is 0 Å². The minimum Gasteiger partial charge on any atom is -0.381 e. The fourth-order valence-corrected chi connectivity index (χ4v) is 3.87. The van der Waals surface area contributed by atoms with Crippen molar-refractivity contribution in [2.24, 2.45) is 5.41 Å². The molecule has 0 radical (unpaired) electrons. The molecule has 1 aromatic rings. The molecule has 0 unspecified atom stereocenters. The molecule has 1 aromatic carbocycles. The van der Waals surface area contributed by atoms with Crippen molar-refractivity contribution in [3.8, 4) is 0 Å². The lowest BCUT2D eigenvalue weighted by Crippen LogP contribution is -2.66. The summed E-state index contributed by atoms with van der Waals surface area (Å²) in [5, 5.41) is 3.04. The van der Waals surface area contributed by atoms with Gasteiger partial charge < -0.3 is 14.8 Å². The van der Waals surface area contributed by atoms with E-state index in [-0.39, 0.29) is 29.0 Å². The minimum atomic E-state index is -0.438. The third kappa shape index (κ3) is 2.88. The number of ether oxygens (including phenoxy) is 2. The lowest BCUT2D eigenvalue weighted by Gasteiger charge is -2.57. The lowest BCUT2D eigenvalue weighted by atomic mass is 9.57. The zero-order valence-electron chi connectivity index (χ0n) is 13.7. The van der Waals surface area contributed by atoms with Gasteiger partial charge in [0.15, 0.2) is 0 Å².